The van der Waals surface area contributed by atoms with Crippen LogP contribution in [0.4, 0.5) is 5.69 Å². The van der Waals surface area contributed by atoms with Gasteiger partial charge >= 0.3 is 0 Å². The third kappa shape index (κ3) is 6.87. The minimum Gasteiger partial charge on any atom is -0.369 e. The van der Waals surface area contributed by atoms with Crippen molar-refractivity contribution in [2.45, 2.75) is 26.3 Å². The molecular weight excluding hydrogens is 268 g/mol. The van der Waals surface area contributed by atoms with Crippen molar-refractivity contribution in [3.05, 3.63) is 29.8 Å². The molecule has 0 aliphatic heterocycles. The van der Waals surface area contributed by atoms with Crippen LogP contribution < -0.4 is 16.8 Å². The summed E-state index contributed by atoms with van der Waals surface area (Å²) in [7, 11) is 0. The Balaban J connectivity index is 2.35. The van der Waals surface area contributed by atoms with E-state index in [-0.39, 0.29) is 18.4 Å². The Hall–Kier alpha value is -1.92. The van der Waals surface area contributed by atoms with Gasteiger partial charge in [0.1, 0.15) is 0 Å². The topological polar surface area (TPSA) is 101 Å². The Kier molecular flexibility index (Phi) is 7.42. The number of carbonyl (C=O) groups excluding carboxylic acids is 2. The highest BCUT2D eigenvalue weighted by Gasteiger charge is 2.08. The monoisotopic (exact) mass is 292 g/mol. The summed E-state index contributed by atoms with van der Waals surface area (Å²) < 4.78 is 0. The number of carbonyl (C=O) groups is 2. The normalized spacial score (nSPS) is 10.6. The van der Waals surface area contributed by atoms with Gasteiger partial charge in [-0.2, -0.15) is 0 Å². The fourth-order valence-electron chi connectivity index (χ4n) is 2.03. The molecule has 1 aromatic rings. The Morgan fingerprint density at radius 1 is 1.33 bits per heavy atom. The minimum absolute atomic E-state index is 0.0423. The van der Waals surface area contributed by atoms with E-state index in [0.717, 1.165) is 17.8 Å². The lowest BCUT2D eigenvalue weighted by Gasteiger charge is -2.17. The van der Waals surface area contributed by atoms with E-state index in [1.807, 2.05) is 36.1 Å². The van der Waals surface area contributed by atoms with E-state index < -0.39 is 0 Å². The van der Waals surface area contributed by atoms with Crippen LogP contribution in [0.2, 0.25) is 0 Å². The number of nitrogens with one attached hydrogen (secondary N) is 1. The third-order valence-corrected chi connectivity index (χ3v) is 3.15. The number of primary amides is 1. The van der Waals surface area contributed by atoms with Crippen LogP contribution in [0, 0.1) is 0 Å². The second kappa shape index (κ2) is 9.10. The van der Waals surface area contributed by atoms with Gasteiger partial charge in [0, 0.05) is 18.7 Å². The molecule has 1 rings (SSSR count). The van der Waals surface area contributed by atoms with Gasteiger partial charge in [-0.05, 0) is 37.2 Å². The molecule has 0 aliphatic rings. The standard InChI is InChI=1S/C15H24N4O2/c1-2-19(11-14(17)20)8-4-7-15(21)18-13-6-3-5-12(9-13)10-16/h3,5-6,9H,2,4,7-8,10-11,16H2,1H3,(H2,17,20)(H,18,21). The first kappa shape index (κ1) is 17.1. The van der Waals surface area contributed by atoms with Gasteiger partial charge in [0.25, 0.3) is 0 Å². The van der Waals surface area contributed by atoms with Crippen LogP contribution in [-0.2, 0) is 16.1 Å². The highest BCUT2D eigenvalue weighted by atomic mass is 16.2. The number of hydrogen-bond acceptors (Lipinski definition) is 4. The van der Waals surface area contributed by atoms with Gasteiger partial charge in [0.2, 0.25) is 11.8 Å². The van der Waals surface area contributed by atoms with Gasteiger partial charge in [-0.3, -0.25) is 14.5 Å². The molecule has 0 aliphatic carbocycles. The zero-order valence-electron chi connectivity index (χ0n) is 12.5. The lowest BCUT2D eigenvalue weighted by molar-refractivity contribution is -0.119. The maximum Gasteiger partial charge on any atom is 0.231 e. The van der Waals surface area contributed by atoms with E-state index in [2.05, 4.69) is 5.32 Å². The fourth-order valence-corrected chi connectivity index (χ4v) is 2.03. The molecule has 21 heavy (non-hydrogen) atoms. The summed E-state index contributed by atoms with van der Waals surface area (Å²) >= 11 is 0. The van der Waals surface area contributed by atoms with Gasteiger partial charge in [0.05, 0.1) is 6.54 Å². The van der Waals surface area contributed by atoms with Crippen molar-refractivity contribution in [3.8, 4) is 0 Å². The summed E-state index contributed by atoms with van der Waals surface area (Å²) in [5.41, 5.74) is 12.5. The largest absolute Gasteiger partial charge is 0.369 e. The number of amides is 2. The van der Waals surface area contributed by atoms with E-state index in [1.54, 1.807) is 0 Å². The molecule has 1 aromatic carbocycles. The molecule has 0 saturated heterocycles. The second-order valence-corrected chi connectivity index (χ2v) is 4.89. The van der Waals surface area contributed by atoms with E-state index in [0.29, 0.717) is 25.9 Å². The Labute approximate surface area is 125 Å². The molecule has 0 radical (unpaired) electrons. The molecule has 116 valence electrons. The van der Waals surface area contributed by atoms with Crippen molar-refractivity contribution >= 4 is 17.5 Å². The van der Waals surface area contributed by atoms with E-state index in [4.69, 9.17) is 11.5 Å². The maximum atomic E-state index is 11.9. The average Bonchev–Trinajstić information content (AvgIpc) is 2.45. The van der Waals surface area contributed by atoms with Crippen LogP contribution in [0.1, 0.15) is 25.3 Å². The van der Waals surface area contributed by atoms with Crippen LogP contribution in [0.5, 0.6) is 0 Å². The number of likely N-dealkylation sites (N-methyl/N-ethyl adjacent to an activating group) is 1. The summed E-state index contributed by atoms with van der Waals surface area (Å²) in [4.78, 5) is 24.6. The average molecular weight is 292 g/mol. The summed E-state index contributed by atoms with van der Waals surface area (Å²) in [6.45, 7) is 4.05. The quantitative estimate of drug-likeness (QED) is 0.622. The first-order valence-corrected chi connectivity index (χ1v) is 7.14. The van der Waals surface area contributed by atoms with Crippen molar-refractivity contribution in [2.24, 2.45) is 11.5 Å². The third-order valence-electron chi connectivity index (χ3n) is 3.15. The first-order valence-electron chi connectivity index (χ1n) is 7.14. The van der Waals surface area contributed by atoms with E-state index in [1.165, 1.54) is 0 Å². The molecule has 0 spiro atoms. The predicted molar refractivity (Wildman–Crippen MR) is 83.5 cm³/mol. The summed E-state index contributed by atoms with van der Waals surface area (Å²) in [6.07, 6.45) is 1.09. The molecule has 0 unspecified atom stereocenters. The van der Waals surface area contributed by atoms with Crippen molar-refractivity contribution in [1.29, 1.82) is 0 Å². The molecule has 6 heteroatoms. The van der Waals surface area contributed by atoms with Gasteiger partial charge < -0.3 is 16.8 Å². The van der Waals surface area contributed by atoms with E-state index >= 15 is 0 Å². The van der Waals surface area contributed by atoms with Crippen molar-refractivity contribution < 1.29 is 9.59 Å². The molecular formula is C15H24N4O2. The molecule has 6 nitrogen and oxygen atoms in total. The molecule has 0 bridgehead atoms. The van der Waals surface area contributed by atoms with Crippen molar-refractivity contribution in [1.82, 2.24) is 4.90 Å². The first-order chi connectivity index (χ1) is 10.0. The predicted octanol–water partition coefficient (Wildman–Crippen LogP) is 0.671. The molecule has 0 aromatic heterocycles. The Bertz CT molecular complexity index is 476. The number of nitrogens with zero attached hydrogens (tertiary/aromatic N) is 1. The number of rotatable bonds is 9. The van der Waals surface area contributed by atoms with Crippen LogP contribution in [-0.4, -0.2) is 36.3 Å². The Morgan fingerprint density at radius 3 is 2.71 bits per heavy atom. The number of benzene rings is 1. The second-order valence-electron chi connectivity index (χ2n) is 4.89. The fraction of sp³-hybridized carbons (Fsp3) is 0.467. The number of hydrogen-bond donors (Lipinski definition) is 3. The highest BCUT2D eigenvalue weighted by Crippen LogP contribution is 2.10. The highest BCUT2D eigenvalue weighted by molar-refractivity contribution is 5.90. The van der Waals surface area contributed by atoms with Crippen LogP contribution in [0.3, 0.4) is 0 Å². The zero-order chi connectivity index (χ0) is 15.7. The minimum atomic E-state index is -0.347. The maximum absolute atomic E-state index is 11.9. The van der Waals surface area contributed by atoms with Crippen molar-refractivity contribution in [2.75, 3.05) is 25.0 Å². The summed E-state index contributed by atoms with van der Waals surface area (Å²) in [5, 5.41) is 2.84. The van der Waals surface area contributed by atoms with E-state index in [9.17, 15) is 9.59 Å². The number of nitrogens with two attached hydrogens (primary N) is 2. The lowest BCUT2D eigenvalue weighted by atomic mass is 10.2. The molecule has 5 N–H and O–H groups in total. The van der Waals surface area contributed by atoms with Crippen LogP contribution in [0.25, 0.3) is 0 Å². The molecule has 2 amide bonds. The van der Waals surface area contributed by atoms with Gasteiger partial charge in [-0.15, -0.1) is 0 Å². The van der Waals surface area contributed by atoms with Gasteiger partial charge in [0.15, 0.2) is 0 Å². The molecule has 0 atom stereocenters. The van der Waals surface area contributed by atoms with Crippen LogP contribution in [0.15, 0.2) is 24.3 Å². The van der Waals surface area contributed by atoms with Gasteiger partial charge in [-0.1, -0.05) is 19.1 Å². The number of anilines is 1. The van der Waals surface area contributed by atoms with Crippen molar-refractivity contribution in [3.63, 3.8) is 0 Å². The molecule has 0 heterocycles. The summed E-state index contributed by atoms with van der Waals surface area (Å²) in [6, 6.07) is 7.48. The Morgan fingerprint density at radius 2 is 2.10 bits per heavy atom. The zero-order valence-corrected chi connectivity index (χ0v) is 12.5. The summed E-state index contributed by atoms with van der Waals surface area (Å²) in [5.74, 6) is -0.390. The SMILES string of the molecule is CCN(CCCC(=O)Nc1cccc(CN)c1)CC(N)=O. The smallest absolute Gasteiger partial charge is 0.231 e. The lowest BCUT2D eigenvalue weighted by Crippen LogP contribution is -2.34. The molecule has 0 fully saturated rings. The van der Waals surface area contributed by atoms with Crippen LogP contribution >= 0.6 is 0 Å². The van der Waals surface area contributed by atoms with Gasteiger partial charge in [-0.25, -0.2) is 0 Å². The molecule has 0 saturated carbocycles.